The van der Waals surface area contributed by atoms with E-state index in [1.165, 1.54) is 0 Å². The second kappa shape index (κ2) is 5.97. The van der Waals surface area contributed by atoms with Crippen molar-refractivity contribution in [2.75, 3.05) is 5.32 Å². The topological polar surface area (TPSA) is 69.8 Å². The lowest BCUT2D eigenvalue weighted by Gasteiger charge is -2.15. The van der Waals surface area contributed by atoms with Crippen LogP contribution in [0, 0.1) is 0 Å². The highest BCUT2D eigenvalue weighted by Crippen LogP contribution is 2.20. The third kappa shape index (κ3) is 3.05. The van der Waals surface area contributed by atoms with Crippen LogP contribution >= 0.6 is 11.3 Å². The number of carbonyl (C=O) groups excluding carboxylic acids is 1. The Morgan fingerprint density at radius 2 is 2.33 bits per heavy atom. The number of nitrogens with zero attached hydrogens (tertiary/aromatic N) is 1. The number of anilines is 1. The molecule has 5 nitrogen and oxygen atoms in total. The molecule has 0 saturated carbocycles. The minimum atomic E-state index is -0.219. The molecule has 108 valence electrons. The maximum atomic E-state index is 12.1. The number of benzene rings is 1. The molecule has 2 heterocycles. The van der Waals surface area contributed by atoms with Crippen molar-refractivity contribution in [2.45, 2.75) is 19.4 Å². The molecule has 0 fully saturated rings. The molecule has 0 aliphatic carbocycles. The fourth-order valence-electron chi connectivity index (χ4n) is 2.20. The number of hydrogen-bond donors (Lipinski definition) is 3. The summed E-state index contributed by atoms with van der Waals surface area (Å²) in [5.74, 6) is 0. The van der Waals surface area contributed by atoms with Crippen LogP contribution in [0.3, 0.4) is 0 Å². The molecule has 0 spiro atoms. The van der Waals surface area contributed by atoms with E-state index in [1.807, 2.05) is 42.8 Å². The zero-order valence-corrected chi connectivity index (χ0v) is 12.4. The summed E-state index contributed by atoms with van der Waals surface area (Å²) in [5.41, 5.74) is 1.76. The molecule has 3 rings (SSSR count). The first-order chi connectivity index (χ1) is 10.3. The van der Waals surface area contributed by atoms with E-state index >= 15 is 0 Å². The van der Waals surface area contributed by atoms with Crippen molar-refractivity contribution in [2.24, 2.45) is 0 Å². The second-order valence-corrected chi connectivity index (χ2v) is 5.64. The van der Waals surface area contributed by atoms with Crippen LogP contribution in [-0.2, 0) is 0 Å². The lowest BCUT2D eigenvalue weighted by atomic mass is 10.2. The zero-order chi connectivity index (χ0) is 14.7. The van der Waals surface area contributed by atoms with Gasteiger partial charge in [0.25, 0.3) is 0 Å². The van der Waals surface area contributed by atoms with Crippen LogP contribution in [0.1, 0.15) is 24.4 Å². The minimum Gasteiger partial charge on any atom is -0.361 e. The fourth-order valence-corrected chi connectivity index (χ4v) is 2.97. The quantitative estimate of drug-likeness (QED) is 0.684. The average Bonchev–Trinajstić information content (AvgIpc) is 3.15. The first kappa shape index (κ1) is 13.6. The van der Waals surface area contributed by atoms with Crippen LogP contribution in [-0.4, -0.2) is 16.0 Å². The molecule has 0 aliphatic heterocycles. The van der Waals surface area contributed by atoms with Crippen molar-refractivity contribution in [3.63, 3.8) is 0 Å². The Kier molecular flexibility index (Phi) is 3.87. The summed E-state index contributed by atoms with van der Waals surface area (Å²) in [4.78, 5) is 19.5. The van der Waals surface area contributed by atoms with Gasteiger partial charge in [-0.1, -0.05) is 13.0 Å². The largest absolute Gasteiger partial charge is 0.361 e. The number of H-pyrrole nitrogens is 1. The number of fused-ring (bicyclic) bond motifs is 1. The van der Waals surface area contributed by atoms with Gasteiger partial charge in [0.15, 0.2) is 0 Å². The molecular weight excluding hydrogens is 284 g/mol. The molecule has 1 unspecified atom stereocenters. The number of rotatable bonds is 4. The molecule has 0 aliphatic rings. The predicted octanol–water partition coefficient (Wildman–Crippen LogP) is 3.90. The minimum absolute atomic E-state index is 0.0563. The van der Waals surface area contributed by atoms with Crippen molar-refractivity contribution in [1.82, 2.24) is 15.3 Å². The van der Waals surface area contributed by atoms with Crippen LogP contribution in [0.2, 0.25) is 0 Å². The van der Waals surface area contributed by atoms with Crippen molar-refractivity contribution >= 4 is 34.0 Å². The van der Waals surface area contributed by atoms with E-state index in [0.29, 0.717) is 0 Å². The van der Waals surface area contributed by atoms with Gasteiger partial charge in [-0.05, 0) is 30.0 Å². The van der Waals surface area contributed by atoms with Crippen LogP contribution in [0.25, 0.3) is 10.9 Å². The molecule has 0 saturated heterocycles. The van der Waals surface area contributed by atoms with Gasteiger partial charge in [-0.3, -0.25) is 0 Å². The lowest BCUT2D eigenvalue weighted by molar-refractivity contribution is 0.248. The van der Waals surface area contributed by atoms with Crippen LogP contribution in [0.15, 0.2) is 42.0 Å². The molecule has 2 aromatic heterocycles. The maximum absolute atomic E-state index is 12.1. The number of aromatic amines is 1. The van der Waals surface area contributed by atoms with E-state index in [2.05, 4.69) is 20.6 Å². The Bertz CT molecular complexity index is 735. The highest BCUT2D eigenvalue weighted by Gasteiger charge is 2.14. The van der Waals surface area contributed by atoms with Gasteiger partial charge in [-0.2, -0.15) is 0 Å². The SMILES string of the molecule is CCC(NC(=O)Nc1ccc2cc[nH]c2c1)c1nccs1. The summed E-state index contributed by atoms with van der Waals surface area (Å²) in [5, 5.41) is 9.76. The standard InChI is InChI=1S/C15H16N4OS/c1-2-12(14-17-7-8-21-14)19-15(20)18-11-4-3-10-5-6-16-13(10)9-11/h3-9,12,16H,2H2,1H3,(H2,18,19,20). The van der Waals surface area contributed by atoms with Gasteiger partial charge >= 0.3 is 6.03 Å². The summed E-state index contributed by atoms with van der Waals surface area (Å²) in [7, 11) is 0. The normalized spacial score (nSPS) is 12.2. The second-order valence-electron chi connectivity index (χ2n) is 4.71. The van der Waals surface area contributed by atoms with E-state index in [-0.39, 0.29) is 12.1 Å². The van der Waals surface area contributed by atoms with Gasteiger partial charge in [0.1, 0.15) is 5.01 Å². The van der Waals surface area contributed by atoms with Crippen LogP contribution in [0.5, 0.6) is 0 Å². The van der Waals surface area contributed by atoms with Crippen molar-refractivity contribution in [1.29, 1.82) is 0 Å². The Morgan fingerprint density at radius 3 is 3.10 bits per heavy atom. The maximum Gasteiger partial charge on any atom is 0.319 e. The smallest absolute Gasteiger partial charge is 0.319 e. The van der Waals surface area contributed by atoms with Crippen LogP contribution < -0.4 is 10.6 Å². The number of hydrogen-bond acceptors (Lipinski definition) is 3. The number of urea groups is 1. The third-order valence-electron chi connectivity index (χ3n) is 3.28. The molecule has 3 aromatic rings. The third-order valence-corrected chi connectivity index (χ3v) is 4.17. The highest BCUT2D eigenvalue weighted by atomic mass is 32.1. The Hall–Kier alpha value is -2.34. The fraction of sp³-hybridized carbons (Fsp3) is 0.200. The van der Waals surface area contributed by atoms with Gasteiger partial charge in [0.05, 0.1) is 6.04 Å². The summed E-state index contributed by atoms with van der Waals surface area (Å²) >= 11 is 1.55. The molecule has 0 bridgehead atoms. The van der Waals surface area contributed by atoms with Gasteiger partial charge in [0.2, 0.25) is 0 Å². The van der Waals surface area contributed by atoms with Crippen molar-refractivity contribution < 1.29 is 4.79 Å². The van der Waals surface area contributed by atoms with E-state index in [0.717, 1.165) is 28.0 Å². The lowest BCUT2D eigenvalue weighted by Crippen LogP contribution is -2.32. The number of thiazole rings is 1. The van der Waals surface area contributed by atoms with Crippen molar-refractivity contribution in [3.8, 4) is 0 Å². The number of nitrogens with one attached hydrogen (secondary N) is 3. The molecular formula is C15H16N4OS. The highest BCUT2D eigenvalue weighted by molar-refractivity contribution is 7.09. The predicted molar refractivity (Wildman–Crippen MR) is 85.6 cm³/mol. The molecule has 3 N–H and O–H groups in total. The molecule has 1 aromatic carbocycles. The van der Waals surface area contributed by atoms with E-state index in [4.69, 9.17) is 0 Å². The molecule has 0 radical (unpaired) electrons. The first-order valence-electron chi connectivity index (χ1n) is 6.80. The zero-order valence-electron chi connectivity index (χ0n) is 11.6. The van der Waals surface area contributed by atoms with Gasteiger partial charge in [-0.15, -0.1) is 11.3 Å². The number of aromatic nitrogens is 2. The summed E-state index contributed by atoms with van der Waals surface area (Å²) < 4.78 is 0. The molecule has 6 heteroatoms. The van der Waals surface area contributed by atoms with Gasteiger partial charge in [-0.25, -0.2) is 9.78 Å². The average molecular weight is 300 g/mol. The first-order valence-corrected chi connectivity index (χ1v) is 7.68. The van der Waals surface area contributed by atoms with E-state index in [9.17, 15) is 4.79 Å². The Morgan fingerprint density at radius 1 is 1.43 bits per heavy atom. The van der Waals surface area contributed by atoms with Gasteiger partial charge in [0, 0.05) is 29.0 Å². The molecule has 2 amide bonds. The molecule has 1 atom stereocenters. The Balaban J connectivity index is 1.67. The van der Waals surface area contributed by atoms with E-state index < -0.39 is 0 Å². The summed E-state index contributed by atoms with van der Waals surface area (Å²) in [6.07, 6.45) is 4.43. The summed E-state index contributed by atoms with van der Waals surface area (Å²) in [6.45, 7) is 2.03. The number of amides is 2. The van der Waals surface area contributed by atoms with Crippen molar-refractivity contribution in [3.05, 3.63) is 47.0 Å². The summed E-state index contributed by atoms with van der Waals surface area (Å²) in [6, 6.07) is 7.50. The number of carbonyl (C=O) groups is 1. The molecule has 21 heavy (non-hydrogen) atoms. The van der Waals surface area contributed by atoms with Gasteiger partial charge < -0.3 is 15.6 Å². The van der Waals surface area contributed by atoms with E-state index in [1.54, 1.807) is 17.5 Å². The van der Waals surface area contributed by atoms with Crippen LogP contribution in [0.4, 0.5) is 10.5 Å². The monoisotopic (exact) mass is 300 g/mol. The Labute approximate surface area is 126 Å².